The zero-order chi connectivity index (χ0) is 20.7. The van der Waals surface area contributed by atoms with Gasteiger partial charge in [0.25, 0.3) is 5.91 Å². The SMILES string of the molecule is Cc1cc(C#CC2CC2)ccc1N(C)C(=O)c1cc(CC2OCC3(CC3)CO2)on1. The zero-order valence-corrected chi connectivity index (χ0v) is 17.4. The van der Waals surface area contributed by atoms with Crippen molar-refractivity contribution in [1.29, 1.82) is 0 Å². The van der Waals surface area contributed by atoms with E-state index in [1.807, 2.05) is 25.1 Å². The van der Waals surface area contributed by atoms with Crippen molar-refractivity contribution in [3.63, 3.8) is 0 Å². The normalized spacial score (nSPS) is 19.9. The Morgan fingerprint density at radius 2 is 2.00 bits per heavy atom. The van der Waals surface area contributed by atoms with E-state index in [2.05, 4.69) is 17.0 Å². The van der Waals surface area contributed by atoms with Crippen LogP contribution in [0.15, 0.2) is 28.8 Å². The quantitative estimate of drug-likeness (QED) is 0.724. The van der Waals surface area contributed by atoms with Gasteiger partial charge in [0.1, 0.15) is 5.76 Å². The number of aryl methyl sites for hydroxylation is 1. The Balaban J connectivity index is 1.23. The van der Waals surface area contributed by atoms with Crippen molar-refractivity contribution in [3.8, 4) is 11.8 Å². The number of benzene rings is 1. The third-order valence-corrected chi connectivity index (χ3v) is 6.11. The summed E-state index contributed by atoms with van der Waals surface area (Å²) in [5.74, 6) is 7.43. The van der Waals surface area contributed by atoms with Gasteiger partial charge in [-0.15, -0.1) is 0 Å². The molecule has 6 nitrogen and oxygen atoms in total. The Morgan fingerprint density at radius 3 is 2.67 bits per heavy atom. The Morgan fingerprint density at radius 1 is 1.23 bits per heavy atom. The molecule has 3 fully saturated rings. The maximum absolute atomic E-state index is 12.9. The van der Waals surface area contributed by atoms with Crippen molar-refractivity contribution < 1.29 is 18.8 Å². The lowest BCUT2D eigenvalue weighted by atomic mass is 10.1. The Hall–Kier alpha value is -2.62. The van der Waals surface area contributed by atoms with E-state index >= 15 is 0 Å². The van der Waals surface area contributed by atoms with Crippen LogP contribution in [0.25, 0.3) is 0 Å². The monoisotopic (exact) mass is 406 g/mol. The zero-order valence-electron chi connectivity index (χ0n) is 17.4. The summed E-state index contributed by atoms with van der Waals surface area (Å²) in [7, 11) is 1.75. The maximum atomic E-state index is 12.9. The van der Waals surface area contributed by atoms with Gasteiger partial charge in [-0.1, -0.05) is 17.0 Å². The molecule has 156 valence electrons. The van der Waals surface area contributed by atoms with Crippen molar-refractivity contribution in [2.24, 2.45) is 11.3 Å². The molecule has 2 aromatic rings. The Bertz CT molecular complexity index is 1010. The number of rotatable bonds is 4. The minimum absolute atomic E-state index is 0.215. The second-order valence-electron chi connectivity index (χ2n) is 8.84. The third-order valence-electron chi connectivity index (χ3n) is 6.11. The molecule has 1 aromatic carbocycles. The van der Waals surface area contributed by atoms with Crippen LogP contribution in [0.4, 0.5) is 5.69 Å². The number of hydrogen-bond acceptors (Lipinski definition) is 5. The first kappa shape index (κ1) is 19.3. The molecule has 2 heterocycles. The molecule has 0 atom stereocenters. The molecule has 3 aliphatic rings. The van der Waals surface area contributed by atoms with Gasteiger partial charge in [0, 0.05) is 35.7 Å². The minimum Gasteiger partial charge on any atom is -0.360 e. The molecule has 1 amide bonds. The molecule has 2 saturated carbocycles. The fourth-order valence-corrected chi connectivity index (χ4v) is 3.69. The highest BCUT2D eigenvalue weighted by Gasteiger charge is 2.47. The van der Waals surface area contributed by atoms with E-state index in [0.29, 0.717) is 18.1 Å². The van der Waals surface area contributed by atoms with Gasteiger partial charge < -0.3 is 18.9 Å². The molecule has 6 heteroatoms. The van der Waals surface area contributed by atoms with E-state index in [4.69, 9.17) is 14.0 Å². The lowest BCUT2D eigenvalue weighted by Crippen LogP contribution is -2.34. The summed E-state index contributed by atoms with van der Waals surface area (Å²) >= 11 is 0. The van der Waals surface area contributed by atoms with E-state index in [1.54, 1.807) is 18.0 Å². The van der Waals surface area contributed by atoms with Crippen LogP contribution in [0.3, 0.4) is 0 Å². The summed E-state index contributed by atoms with van der Waals surface area (Å²) in [6.45, 7) is 3.46. The van der Waals surface area contributed by atoms with Gasteiger partial charge in [0.15, 0.2) is 12.0 Å². The van der Waals surface area contributed by atoms with Crippen LogP contribution < -0.4 is 4.90 Å². The number of amides is 1. The maximum Gasteiger partial charge on any atom is 0.280 e. The van der Waals surface area contributed by atoms with Crippen LogP contribution in [-0.2, 0) is 15.9 Å². The van der Waals surface area contributed by atoms with Crippen molar-refractivity contribution in [2.75, 3.05) is 25.2 Å². The van der Waals surface area contributed by atoms with Crippen LogP contribution in [0.5, 0.6) is 0 Å². The molecule has 0 radical (unpaired) electrons. The summed E-state index contributed by atoms with van der Waals surface area (Å²) in [6, 6.07) is 7.59. The smallest absolute Gasteiger partial charge is 0.280 e. The predicted octanol–water partition coefficient (Wildman–Crippen LogP) is 3.72. The summed E-state index contributed by atoms with van der Waals surface area (Å²) in [4.78, 5) is 14.5. The van der Waals surface area contributed by atoms with Crippen molar-refractivity contribution in [1.82, 2.24) is 5.16 Å². The Labute approximate surface area is 176 Å². The van der Waals surface area contributed by atoms with Gasteiger partial charge in [-0.25, -0.2) is 0 Å². The van der Waals surface area contributed by atoms with Crippen molar-refractivity contribution in [2.45, 2.75) is 45.3 Å². The van der Waals surface area contributed by atoms with E-state index in [0.717, 1.165) is 30.0 Å². The second kappa shape index (κ2) is 7.57. The molecular formula is C24H26N2O4. The van der Waals surface area contributed by atoms with Gasteiger partial charge in [-0.05, 0) is 56.4 Å². The molecule has 1 aromatic heterocycles. The molecule has 0 N–H and O–H groups in total. The molecule has 0 bridgehead atoms. The lowest BCUT2D eigenvalue weighted by Gasteiger charge is -2.28. The third kappa shape index (κ3) is 4.14. The van der Waals surface area contributed by atoms with Crippen LogP contribution >= 0.6 is 0 Å². The first-order valence-corrected chi connectivity index (χ1v) is 10.6. The van der Waals surface area contributed by atoms with Gasteiger partial charge >= 0.3 is 0 Å². The predicted molar refractivity (Wildman–Crippen MR) is 111 cm³/mol. The lowest BCUT2D eigenvalue weighted by molar-refractivity contribution is -0.207. The molecule has 1 aliphatic heterocycles. The summed E-state index contributed by atoms with van der Waals surface area (Å²) in [6.07, 6.45) is 4.90. The molecule has 1 saturated heterocycles. The highest BCUT2D eigenvalue weighted by molar-refractivity contribution is 6.04. The first-order valence-electron chi connectivity index (χ1n) is 10.6. The van der Waals surface area contributed by atoms with E-state index in [1.165, 1.54) is 25.7 Å². The topological polar surface area (TPSA) is 64.8 Å². The summed E-state index contributed by atoms with van der Waals surface area (Å²) < 4.78 is 17.0. The molecule has 5 rings (SSSR count). The van der Waals surface area contributed by atoms with Gasteiger partial charge in [-0.3, -0.25) is 4.79 Å². The van der Waals surface area contributed by atoms with Gasteiger partial charge in [-0.2, -0.15) is 0 Å². The fourth-order valence-electron chi connectivity index (χ4n) is 3.69. The largest absolute Gasteiger partial charge is 0.360 e. The highest BCUT2D eigenvalue weighted by atomic mass is 16.7. The molecule has 0 unspecified atom stereocenters. The average Bonchev–Trinajstić information content (AvgIpc) is 3.67. The standard InChI is InChI=1S/C24H26N2O4/c1-16-11-18(6-5-17-3-4-17)7-8-21(16)26(2)23(27)20-12-19(30-25-20)13-22-28-14-24(9-10-24)15-29-22/h7-8,11-12,17,22H,3-4,9-10,13-15H2,1-2H3. The van der Waals surface area contributed by atoms with Gasteiger partial charge in [0.05, 0.1) is 19.6 Å². The molecular weight excluding hydrogens is 380 g/mol. The first-order chi connectivity index (χ1) is 14.5. The van der Waals surface area contributed by atoms with E-state index in [-0.39, 0.29) is 23.3 Å². The number of hydrogen-bond donors (Lipinski definition) is 0. The minimum atomic E-state index is -0.337. The molecule has 30 heavy (non-hydrogen) atoms. The summed E-state index contributed by atoms with van der Waals surface area (Å²) in [5, 5.41) is 3.97. The highest BCUT2D eigenvalue weighted by Crippen LogP contribution is 2.48. The second-order valence-corrected chi connectivity index (χ2v) is 8.84. The van der Waals surface area contributed by atoms with Crippen LogP contribution in [0.1, 0.15) is 53.1 Å². The number of anilines is 1. The van der Waals surface area contributed by atoms with Gasteiger partial charge in [0.2, 0.25) is 0 Å². The van der Waals surface area contributed by atoms with E-state index in [9.17, 15) is 4.79 Å². The number of carbonyl (C=O) groups excluding carboxylic acids is 1. The van der Waals surface area contributed by atoms with Crippen molar-refractivity contribution >= 4 is 11.6 Å². The van der Waals surface area contributed by atoms with Crippen LogP contribution in [0.2, 0.25) is 0 Å². The summed E-state index contributed by atoms with van der Waals surface area (Å²) in [5.41, 5.74) is 3.34. The fraction of sp³-hybridized carbons (Fsp3) is 0.500. The van der Waals surface area contributed by atoms with Crippen LogP contribution in [-0.4, -0.2) is 37.6 Å². The number of carbonyl (C=O) groups is 1. The van der Waals surface area contributed by atoms with Crippen LogP contribution in [0, 0.1) is 30.1 Å². The number of aromatic nitrogens is 1. The van der Waals surface area contributed by atoms with Crippen molar-refractivity contribution in [3.05, 3.63) is 46.8 Å². The molecule has 1 spiro atoms. The number of nitrogens with zero attached hydrogens (tertiary/aromatic N) is 2. The average molecular weight is 406 g/mol. The Kier molecular flexibility index (Phi) is 4.88. The van der Waals surface area contributed by atoms with E-state index < -0.39 is 0 Å². The molecule has 2 aliphatic carbocycles. The number of ether oxygens (including phenoxy) is 2.